The third kappa shape index (κ3) is 3.51. The average molecular weight is 387 g/mol. The van der Waals surface area contributed by atoms with Gasteiger partial charge in [-0.15, -0.1) is 0 Å². The summed E-state index contributed by atoms with van der Waals surface area (Å²) >= 11 is 3.43. The number of nitrogens with zero attached hydrogens (tertiary/aromatic N) is 2. The summed E-state index contributed by atoms with van der Waals surface area (Å²) in [6.07, 6.45) is 0.329. The summed E-state index contributed by atoms with van der Waals surface area (Å²) in [6, 6.07) is 16.9. The maximum atomic E-state index is 12.7. The maximum Gasteiger partial charge on any atom is 0.249 e. The first-order valence-corrected chi connectivity index (χ1v) is 8.76. The minimum Gasteiger partial charge on any atom is -0.329 e. The van der Waals surface area contributed by atoms with Gasteiger partial charge < -0.3 is 9.80 Å². The summed E-state index contributed by atoms with van der Waals surface area (Å²) in [6.45, 7) is 2.86. The van der Waals surface area contributed by atoms with Gasteiger partial charge in [0.1, 0.15) is 6.04 Å². The Balaban J connectivity index is 1.71. The van der Waals surface area contributed by atoms with E-state index in [1.807, 2.05) is 54.6 Å². The molecule has 0 unspecified atom stereocenters. The Morgan fingerprint density at radius 1 is 1.12 bits per heavy atom. The summed E-state index contributed by atoms with van der Waals surface area (Å²) in [7, 11) is 0. The Kier molecular flexibility index (Phi) is 5.00. The van der Waals surface area contributed by atoms with Crippen LogP contribution in [0.4, 0.5) is 5.69 Å². The van der Waals surface area contributed by atoms with Gasteiger partial charge in [0, 0.05) is 23.2 Å². The van der Waals surface area contributed by atoms with Crippen molar-refractivity contribution in [1.82, 2.24) is 4.90 Å². The number of benzene rings is 2. The highest BCUT2D eigenvalue weighted by molar-refractivity contribution is 9.10. The van der Waals surface area contributed by atoms with Crippen LogP contribution < -0.4 is 4.90 Å². The van der Waals surface area contributed by atoms with Crippen molar-refractivity contribution in [3.8, 4) is 0 Å². The van der Waals surface area contributed by atoms with E-state index in [1.54, 1.807) is 16.7 Å². The van der Waals surface area contributed by atoms with Crippen LogP contribution in [-0.4, -0.2) is 35.8 Å². The summed E-state index contributed by atoms with van der Waals surface area (Å²) in [4.78, 5) is 28.7. The number of rotatable bonds is 3. The van der Waals surface area contributed by atoms with Crippen molar-refractivity contribution in [2.45, 2.75) is 19.4 Å². The van der Waals surface area contributed by atoms with Gasteiger partial charge >= 0.3 is 0 Å². The van der Waals surface area contributed by atoms with E-state index in [2.05, 4.69) is 15.9 Å². The van der Waals surface area contributed by atoms with Crippen molar-refractivity contribution >= 4 is 33.4 Å². The summed E-state index contributed by atoms with van der Waals surface area (Å²) in [5.41, 5.74) is 1.83. The third-order valence-corrected chi connectivity index (χ3v) is 4.79. The summed E-state index contributed by atoms with van der Waals surface area (Å²) in [5.74, 6) is -0.0447. The first kappa shape index (κ1) is 16.7. The van der Waals surface area contributed by atoms with E-state index in [4.69, 9.17) is 0 Å². The molecular formula is C19H19BrN2O2. The van der Waals surface area contributed by atoms with Gasteiger partial charge in [0.2, 0.25) is 11.8 Å². The number of amides is 2. The Morgan fingerprint density at radius 3 is 2.58 bits per heavy atom. The lowest BCUT2D eigenvalue weighted by Gasteiger charge is -2.39. The molecule has 2 aromatic carbocycles. The van der Waals surface area contributed by atoms with Crippen LogP contribution in [0.25, 0.3) is 0 Å². The van der Waals surface area contributed by atoms with Gasteiger partial charge in [-0.2, -0.15) is 0 Å². The molecule has 0 bridgehead atoms. The van der Waals surface area contributed by atoms with Crippen LogP contribution in [-0.2, 0) is 16.0 Å². The highest BCUT2D eigenvalue weighted by Gasteiger charge is 2.34. The van der Waals surface area contributed by atoms with E-state index in [-0.39, 0.29) is 11.8 Å². The Morgan fingerprint density at radius 2 is 1.88 bits per heavy atom. The van der Waals surface area contributed by atoms with E-state index < -0.39 is 6.04 Å². The van der Waals surface area contributed by atoms with Gasteiger partial charge in [-0.1, -0.05) is 52.3 Å². The second-order valence-corrected chi connectivity index (χ2v) is 6.81. The van der Waals surface area contributed by atoms with Gasteiger partial charge in [0.05, 0.1) is 6.42 Å². The zero-order chi connectivity index (χ0) is 17.1. The Bertz CT molecular complexity index is 748. The van der Waals surface area contributed by atoms with E-state index in [0.29, 0.717) is 19.5 Å². The molecular weight excluding hydrogens is 368 g/mol. The number of hydrogen-bond acceptors (Lipinski definition) is 2. The molecule has 1 aliphatic heterocycles. The topological polar surface area (TPSA) is 40.6 Å². The molecule has 0 saturated carbocycles. The molecule has 5 heteroatoms. The van der Waals surface area contributed by atoms with Crippen LogP contribution in [0.5, 0.6) is 0 Å². The van der Waals surface area contributed by atoms with Gasteiger partial charge in [0.15, 0.2) is 0 Å². The van der Waals surface area contributed by atoms with Crippen LogP contribution in [0.1, 0.15) is 12.5 Å². The SMILES string of the molecule is C[C@@H]1C(=O)N(c2cccc(Br)c2)CCN1C(=O)Cc1ccccc1. The largest absolute Gasteiger partial charge is 0.329 e. The highest BCUT2D eigenvalue weighted by atomic mass is 79.9. The number of piperazine rings is 1. The molecule has 0 spiro atoms. The zero-order valence-electron chi connectivity index (χ0n) is 13.5. The van der Waals surface area contributed by atoms with Crippen molar-refractivity contribution in [3.05, 3.63) is 64.6 Å². The monoisotopic (exact) mass is 386 g/mol. The molecule has 1 heterocycles. The molecule has 1 atom stereocenters. The number of carbonyl (C=O) groups excluding carboxylic acids is 2. The van der Waals surface area contributed by atoms with E-state index in [9.17, 15) is 9.59 Å². The highest BCUT2D eigenvalue weighted by Crippen LogP contribution is 2.24. The Hall–Kier alpha value is -2.14. The van der Waals surface area contributed by atoms with E-state index in [0.717, 1.165) is 15.7 Å². The van der Waals surface area contributed by atoms with Crippen LogP contribution in [0.15, 0.2) is 59.1 Å². The fourth-order valence-electron chi connectivity index (χ4n) is 2.98. The van der Waals surface area contributed by atoms with Crippen molar-refractivity contribution < 1.29 is 9.59 Å². The van der Waals surface area contributed by atoms with Crippen molar-refractivity contribution in [2.24, 2.45) is 0 Å². The normalized spacial score (nSPS) is 17.9. The van der Waals surface area contributed by atoms with Crippen molar-refractivity contribution in [1.29, 1.82) is 0 Å². The van der Waals surface area contributed by atoms with Crippen molar-refractivity contribution in [2.75, 3.05) is 18.0 Å². The number of carbonyl (C=O) groups is 2. The fraction of sp³-hybridized carbons (Fsp3) is 0.263. The first-order chi connectivity index (χ1) is 11.6. The lowest BCUT2D eigenvalue weighted by Crippen LogP contribution is -2.58. The quantitative estimate of drug-likeness (QED) is 0.811. The van der Waals surface area contributed by atoms with Gasteiger partial charge in [0.25, 0.3) is 0 Å². The lowest BCUT2D eigenvalue weighted by atomic mass is 10.1. The Labute approximate surface area is 150 Å². The van der Waals surface area contributed by atoms with E-state index >= 15 is 0 Å². The molecule has 1 aliphatic rings. The molecule has 2 amide bonds. The van der Waals surface area contributed by atoms with Crippen LogP contribution in [0.2, 0.25) is 0 Å². The van der Waals surface area contributed by atoms with Crippen LogP contribution >= 0.6 is 15.9 Å². The van der Waals surface area contributed by atoms with Gasteiger partial charge in [-0.25, -0.2) is 0 Å². The molecule has 124 valence electrons. The predicted octanol–water partition coefficient (Wildman–Crippen LogP) is 3.26. The van der Waals surface area contributed by atoms with Gasteiger partial charge in [-0.3, -0.25) is 9.59 Å². The second kappa shape index (κ2) is 7.18. The van der Waals surface area contributed by atoms with Gasteiger partial charge in [-0.05, 0) is 30.7 Å². The summed E-state index contributed by atoms with van der Waals surface area (Å²) in [5, 5.41) is 0. The molecule has 1 saturated heterocycles. The zero-order valence-corrected chi connectivity index (χ0v) is 15.1. The fourth-order valence-corrected chi connectivity index (χ4v) is 3.37. The minimum atomic E-state index is -0.450. The predicted molar refractivity (Wildman–Crippen MR) is 97.8 cm³/mol. The average Bonchev–Trinajstić information content (AvgIpc) is 2.58. The molecule has 4 nitrogen and oxygen atoms in total. The molecule has 24 heavy (non-hydrogen) atoms. The molecule has 0 N–H and O–H groups in total. The molecule has 2 aromatic rings. The smallest absolute Gasteiger partial charge is 0.249 e. The standard InChI is InChI=1S/C19H19BrN2O2/c1-14-19(24)22(17-9-5-8-16(20)13-17)11-10-21(14)18(23)12-15-6-3-2-4-7-15/h2-9,13-14H,10-12H2,1H3/t14-/m1/s1. The molecule has 3 rings (SSSR count). The molecule has 0 radical (unpaired) electrons. The maximum absolute atomic E-state index is 12.7. The number of hydrogen-bond donors (Lipinski definition) is 0. The molecule has 0 aliphatic carbocycles. The third-order valence-electron chi connectivity index (χ3n) is 4.29. The first-order valence-electron chi connectivity index (χ1n) is 7.96. The number of anilines is 1. The van der Waals surface area contributed by atoms with Crippen molar-refractivity contribution in [3.63, 3.8) is 0 Å². The van der Waals surface area contributed by atoms with E-state index in [1.165, 1.54) is 0 Å². The molecule has 1 fully saturated rings. The summed E-state index contributed by atoms with van der Waals surface area (Å²) < 4.78 is 0.933. The minimum absolute atomic E-state index is 0.00376. The second-order valence-electron chi connectivity index (χ2n) is 5.90. The van der Waals surface area contributed by atoms with Crippen LogP contribution in [0.3, 0.4) is 0 Å². The molecule has 0 aromatic heterocycles. The lowest BCUT2D eigenvalue weighted by molar-refractivity contribution is -0.140. The van der Waals surface area contributed by atoms with Crippen LogP contribution in [0, 0.1) is 0 Å². The number of halogens is 1.